The second-order valence-electron chi connectivity index (χ2n) is 4.56. The number of nitrogens with zero attached hydrogens (tertiary/aromatic N) is 4. The molecule has 0 aliphatic heterocycles. The molecule has 0 aliphatic carbocycles. The lowest BCUT2D eigenvalue weighted by atomic mass is 11.0. The minimum Gasteiger partial charge on any atom is -0.370 e. The maximum atomic E-state index is 9.68. The molecule has 0 rings (SSSR count). The van der Waals surface area contributed by atoms with Gasteiger partial charge in [-0.05, 0) is 0 Å². The van der Waals surface area contributed by atoms with Crippen LogP contribution < -0.4 is 68.8 Å². The summed E-state index contributed by atoms with van der Waals surface area (Å²) < 4.78 is 22.2. The molecule has 0 saturated heterocycles. The molecular formula is C8H28N16O11P2. The van der Waals surface area contributed by atoms with Crippen LogP contribution in [0.4, 0.5) is 19.2 Å². The lowest BCUT2D eigenvalue weighted by molar-refractivity contribution is 0.224. The number of rotatable bonds is 2. The van der Waals surface area contributed by atoms with Crippen LogP contribution in [-0.2, 0) is 13.4 Å². The molecule has 0 unspecified atom stereocenters. The molecule has 0 fully saturated rings. The van der Waals surface area contributed by atoms with Crippen molar-refractivity contribution in [3.63, 3.8) is 0 Å². The van der Waals surface area contributed by atoms with E-state index >= 15 is 0 Å². The van der Waals surface area contributed by atoms with E-state index in [0.717, 1.165) is 0 Å². The molecule has 0 heterocycles. The predicted molar refractivity (Wildman–Crippen MR) is 127 cm³/mol. The Morgan fingerprint density at radius 2 is 0.568 bits per heavy atom. The van der Waals surface area contributed by atoms with Gasteiger partial charge in [-0.15, -0.1) is 0 Å². The zero-order chi connectivity index (χ0) is 31.2. The van der Waals surface area contributed by atoms with Gasteiger partial charge >= 0.3 is 39.8 Å². The Bertz CT molecular complexity index is 818. The van der Waals surface area contributed by atoms with E-state index in [0.29, 0.717) is 0 Å². The highest BCUT2D eigenvalue weighted by Gasteiger charge is 2.27. The quantitative estimate of drug-likeness (QED) is 0.0811. The molecule has 27 nitrogen and oxygen atoms in total. The normalized spacial score (nSPS) is 8.97. The standard InChI is InChI=1S/4C2H6N4O.H4O7P2/c4*3-1(4)6-2(5)7;1-8(2,3)7-9(4,5)6/h4*(H6,3,4,5,6,7);(H2,1,2,3)(H2,4,5,6). The third kappa shape index (κ3) is 89.9. The summed E-state index contributed by atoms with van der Waals surface area (Å²) in [5, 5.41) is 0. The molecule has 37 heavy (non-hydrogen) atoms. The molecule has 0 atom stereocenters. The summed E-state index contributed by atoms with van der Waals surface area (Å²) in [6.45, 7) is 0. The largest absolute Gasteiger partial charge is 0.478 e. The van der Waals surface area contributed by atoms with Crippen LogP contribution in [0.3, 0.4) is 0 Å². The van der Waals surface area contributed by atoms with Gasteiger partial charge in [0.2, 0.25) is 0 Å². The van der Waals surface area contributed by atoms with Crippen molar-refractivity contribution < 1.29 is 52.2 Å². The second kappa shape index (κ2) is 21.7. The van der Waals surface area contributed by atoms with E-state index in [9.17, 15) is 28.3 Å². The van der Waals surface area contributed by atoms with Crippen molar-refractivity contribution in [3.05, 3.63) is 0 Å². The fourth-order valence-corrected chi connectivity index (χ4v) is 1.76. The number of phosphoric acid groups is 2. The number of nitrogens with two attached hydrogens (primary N) is 12. The van der Waals surface area contributed by atoms with Crippen LogP contribution in [-0.4, -0.2) is 67.5 Å². The lowest BCUT2D eigenvalue weighted by Crippen LogP contribution is -2.25. The summed E-state index contributed by atoms with van der Waals surface area (Å²) in [6, 6.07) is -3.50. The number of primary amides is 4. The van der Waals surface area contributed by atoms with Gasteiger partial charge in [-0.2, -0.15) is 24.3 Å². The lowest BCUT2D eigenvalue weighted by Gasteiger charge is -2.03. The monoisotopic (exact) mass is 586 g/mol. The Labute approximate surface area is 205 Å². The number of carbonyl (C=O) groups excluding carboxylic acids is 4. The molecule has 28 N–H and O–H groups in total. The van der Waals surface area contributed by atoms with Gasteiger partial charge in [-0.3, -0.25) is 0 Å². The number of hydrogen-bond donors (Lipinski definition) is 16. The summed E-state index contributed by atoms with van der Waals surface area (Å²) in [6.07, 6.45) is 0. The maximum Gasteiger partial charge on any atom is 0.478 e. The van der Waals surface area contributed by atoms with Gasteiger partial charge in [0.25, 0.3) is 0 Å². The Morgan fingerprint density at radius 1 is 0.432 bits per heavy atom. The van der Waals surface area contributed by atoms with Crippen molar-refractivity contribution in [2.45, 2.75) is 0 Å². The first kappa shape index (κ1) is 42.4. The Balaban J connectivity index is -0.000000116. The molecule has 8 amide bonds. The molecule has 0 aromatic carbocycles. The van der Waals surface area contributed by atoms with Gasteiger partial charge < -0.3 is 88.4 Å². The fraction of sp³-hybridized carbons (Fsp3) is 0. The van der Waals surface area contributed by atoms with Crippen molar-refractivity contribution in [3.8, 4) is 0 Å². The van der Waals surface area contributed by atoms with Crippen LogP contribution in [0.5, 0.6) is 0 Å². The molecule has 0 aliphatic rings. The molecule has 0 bridgehead atoms. The molecule has 29 heteroatoms. The highest BCUT2D eigenvalue weighted by atomic mass is 31.3. The smallest absolute Gasteiger partial charge is 0.370 e. The van der Waals surface area contributed by atoms with Crippen LogP contribution in [0.15, 0.2) is 20.0 Å². The minimum absolute atomic E-state index is 0.312. The van der Waals surface area contributed by atoms with E-state index in [4.69, 9.17) is 65.4 Å². The van der Waals surface area contributed by atoms with Crippen LogP contribution in [0.25, 0.3) is 0 Å². The van der Waals surface area contributed by atoms with Crippen LogP contribution in [0, 0.1) is 0 Å². The van der Waals surface area contributed by atoms with Crippen LogP contribution in [0.1, 0.15) is 0 Å². The van der Waals surface area contributed by atoms with E-state index in [1.54, 1.807) is 0 Å². The zero-order valence-electron chi connectivity index (χ0n) is 18.3. The van der Waals surface area contributed by atoms with Crippen LogP contribution in [0.2, 0.25) is 0 Å². The first-order valence-electron chi connectivity index (χ1n) is 7.60. The summed E-state index contributed by atoms with van der Waals surface area (Å²) in [4.78, 5) is 81.3. The molecular weight excluding hydrogens is 558 g/mol. The summed E-state index contributed by atoms with van der Waals surface area (Å²) in [5.74, 6) is -1.25. The minimum atomic E-state index is -5.05. The first-order chi connectivity index (χ1) is 16.2. The van der Waals surface area contributed by atoms with Gasteiger partial charge in [-0.1, -0.05) is 0 Å². The topological polar surface area (TPSA) is 554 Å². The summed E-state index contributed by atoms with van der Waals surface area (Å²) in [5.41, 5.74) is 55.8. The Kier molecular flexibility index (Phi) is 24.9. The Morgan fingerprint density at radius 3 is 0.568 bits per heavy atom. The van der Waals surface area contributed by atoms with Crippen molar-refractivity contribution in [2.24, 2.45) is 88.8 Å². The first-order valence-corrected chi connectivity index (χ1v) is 10.7. The van der Waals surface area contributed by atoms with E-state index in [1.165, 1.54) is 0 Å². The number of amides is 8. The van der Waals surface area contributed by atoms with Gasteiger partial charge in [0, 0.05) is 0 Å². The molecule has 0 aromatic rings. The molecule has 0 spiro atoms. The highest BCUT2D eigenvalue weighted by Crippen LogP contribution is 2.53. The number of carbonyl (C=O) groups is 4. The van der Waals surface area contributed by atoms with Crippen molar-refractivity contribution >= 4 is 63.6 Å². The third-order valence-corrected chi connectivity index (χ3v) is 2.87. The highest BCUT2D eigenvalue weighted by molar-refractivity contribution is 7.60. The zero-order valence-corrected chi connectivity index (χ0v) is 20.0. The van der Waals surface area contributed by atoms with Crippen molar-refractivity contribution in [1.29, 1.82) is 0 Å². The Hall–Kier alpha value is -4.78. The van der Waals surface area contributed by atoms with E-state index in [1.807, 2.05) is 0 Å². The van der Waals surface area contributed by atoms with E-state index in [-0.39, 0.29) is 23.8 Å². The summed E-state index contributed by atoms with van der Waals surface area (Å²) in [7, 11) is -10.1. The SMILES string of the molecule is NC(=O)N=C(N)N.NC(=O)N=C(N)N.NC(=O)N=C(N)N.NC(=O)N=C(N)N.O=P(O)(O)OP(=O)(O)O. The van der Waals surface area contributed by atoms with Gasteiger partial charge in [0.05, 0.1) is 0 Å². The van der Waals surface area contributed by atoms with Crippen molar-refractivity contribution in [1.82, 2.24) is 0 Å². The van der Waals surface area contributed by atoms with E-state index in [2.05, 4.69) is 47.2 Å². The number of guanidine groups is 4. The second-order valence-corrected chi connectivity index (χ2v) is 7.18. The average Bonchev–Trinajstić information content (AvgIpc) is 2.47. The fourth-order valence-electron chi connectivity index (χ4n) is 0.648. The molecule has 0 radical (unpaired) electrons. The molecule has 0 aromatic heterocycles. The van der Waals surface area contributed by atoms with Gasteiger partial charge in [0.1, 0.15) is 0 Å². The predicted octanol–water partition coefficient (Wildman–Crippen LogP) is -7.46. The van der Waals surface area contributed by atoms with Crippen molar-refractivity contribution in [2.75, 3.05) is 0 Å². The average molecular weight is 586 g/mol. The molecule has 216 valence electrons. The third-order valence-electron chi connectivity index (χ3n) is 1.17. The van der Waals surface area contributed by atoms with Crippen LogP contribution >= 0.6 is 15.6 Å². The number of hydrogen-bond acceptors (Lipinski definition) is 7. The number of aliphatic imine (C=N–C) groups is 4. The molecule has 0 saturated carbocycles. The van der Waals surface area contributed by atoms with Gasteiger partial charge in [0.15, 0.2) is 23.8 Å². The van der Waals surface area contributed by atoms with E-state index < -0.39 is 39.8 Å². The van der Waals surface area contributed by atoms with Gasteiger partial charge in [-0.25, -0.2) is 28.3 Å². The number of urea groups is 4. The maximum absolute atomic E-state index is 9.68. The summed E-state index contributed by atoms with van der Waals surface area (Å²) >= 11 is 0.